The first kappa shape index (κ1) is 12.2. The van der Waals surface area contributed by atoms with Gasteiger partial charge in [-0.25, -0.2) is 0 Å². The van der Waals surface area contributed by atoms with E-state index in [9.17, 15) is 4.79 Å². The highest BCUT2D eigenvalue weighted by molar-refractivity contribution is 7.12. The minimum absolute atomic E-state index is 0.134. The summed E-state index contributed by atoms with van der Waals surface area (Å²) in [7, 11) is 0. The monoisotopic (exact) mass is 227 g/mol. The summed E-state index contributed by atoms with van der Waals surface area (Å²) in [5.74, 6) is -0.123. The highest BCUT2D eigenvalue weighted by Gasteiger charge is 2.04. The van der Waals surface area contributed by atoms with E-state index in [4.69, 9.17) is 5.11 Å². The molecule has 84 valence electrons. The van der Waals surface area contributed by atoms with E-state index < -0.39 is 5.97 Å². The Morgan fingerprint density at radius 2 is 2.13 bits per heavy atom. The van der Waals surface area contributed by atoms with Crippen LogP contribution in [0.4, 0.5) is 0 Å². The third-order valence-corrected chi connectivity index (χ3v) is 2.98. The van der Waals surface area contributed by atoms with Crippen molar-refractivity contribution >= 4 is 17.3 Å². The summed E-state index contributed by atoms with van der Waals surface area (Å²) in [5, 5.41) is 11.9. The molecule has 2 N–H and O–H groups in total. The van der Waals surface area contributed by atoms with E-state index in [2.05, 4.69) is 19.2 Å². The lowest BCUT2D eigenvalue weighted by Crippen LogP contribution is -2.18. The van der Waals surface area contributed by atoms with Crippen LogP contribution < -0.4 is 5.32 Å². The van der Waals surface area contributed by atoms with E-state index >= 15 is 0 Å². The van der Waals surface area contributed by atoms with Gasteiger partial charge in [-0.1, -0.05) is 13.8 Å². The second-order valence-electron chi connectivity index (χ2n) is 3.96. The fourth-order valence-corrected chi connectivity index (χ4v) is 2.22. The van der Waals surface area contributed by atoms with E-state index in [1.165, 1.54) is 4.88 Å². The van der Waals surface area contributed by atoms with Crippen LogP contribution in [0.1, 0.15) is 23.6 Å². The third-order valence-electron chi connectivity index (χ3n) is 1.89. The highest BCUT2D eigenvalue weighted by atomic mass is 32.1. The summed E-state index contributed by atoms with van der Waals surface area (Å²) >= 11 is 1.57. The quantitative estimate of drug-likeness (QED) is 0.782. The molecule has 0 radical (unpaired) electrons. The molecule has 0 aliphatic heterocycles. The Kier molecular flexibility index (Phi) is 4.78. The van der Waals surface area contributed by atoms with Crippen molar-refractivity contribution in [2.24, 2.45) is 5.92 Å². The molecule has 0 spiro atoms. The highest BCUT2D eigenvalue weighted by Crippen LogP contribution is 2.16. The van der Waals surface area contributed by atoms with Crippen LogP contribution in [-0.2, 0) is 17.8 Å². The zero-order chi connectivity index (χ0) is 11.3. The zero-order valence-electron chi connectivity index (χ0n) is 9.12. The van der Waals surface area contributed by atoms with Crippen molar-refractivity contribution in [1.29, 1.82) is 0 Å². The molecule has 0 saturated heterocycles. The smallest absolute Gasteiger partial charge is 0.308 e. The molecule has 1 heterocycles. The van der Waals surface area contributed by atoms with Crippen molar-refractivity contribution < 1.29 is 9.90 Å². The minimum atomic E-state index is -0.765. The lowest BCUT2D eigenvalue weighted by molar-refractivity contribution is -0.136. The van der Waals surface area contributed by atoms with Gasteiger partial charge in [0.25, 0.3) is 0 Å². The molecular formula is C11H17NO2S. The molecule has 15 heavy (non-hydrogen) atoms. The van der Waals surface area contributed by atoms with Crippen LogP contribution in [-0.4, -0.2) is 17.6 Å². The number of hydrogen-bond donors (Lipinski definition) is 2. The van der Waals surface area contributed by atoms with Gasteiger partial charge in [-0.3, -0.25) is 4.79 Å². The predicted octanol–water partition coefficient (Wildman–Crippen LogP) is 2.12. The molecule has 0 atom stereocenters. The maximum Gasteiger partial charge on any atom is 0.308 e. The van der Waals surface area contributed by atoms with Crippen LogP contribution >= 0.6 is 11.3 Å². The Morgan fingerprint density at radius 1 is 1.47 bits per heavy atom. The molecule has 0 aliphatic carbocycles. The molecule has 1 rings (SSSR count). The van der Waals surface area contributed by atoms with Crippen LogP contribution in [0.25, 0.3) is 0 Å². The first-order chi connectivity index (χ1) is 7.08. The van der Waals surface area contributed by atoms with Crippen molar-refractivity contribution in [3.63, 3.8) is 0 Å². The third kappa shape index (κ3) is 4.95. The molecule has 0 saturated carbocycles. The van der Waals surface area contributed by atoms with E-state index in [0.717, 1.165) is 18.0 Å². The van der Waals surface area contributed by atoms with Crippen molar-refractivity contribution in [3.8, 4) is 0 Å². The fourth-order valence-electron chi connectivity index (χ4n) is 1.25. The zero-order valence-corrected chi connectivity index (χ0v) is 9.93. The minimum Gasteiger partial charge on any atom is -0.481 e. The van der Waals surface area contributed by atoms with Gasteiger partial charge in [0.05, 0.1) is 6.42 Å². The van der Waals surface area contributed by atoms with Crippen molar-refractivity contribution in [2.75, 3.05) is 6.54 Å². The summed E-state index contributed by atoms with van der Waals surface area (Å²) in [4.78, 5) is 12.6. The van der Waals surface area contributed by atoms with Crippen molar-refractivity contribution in [2.45, 2.75) is 26.8 Å². The molecule has 0 bridgehead atoms. The first-order valence-corrected chi connectivity index (χ1v) is 5.89. The van der Waals surface area contributed by atoms with Gasteiger partial charge in [0.15, 0.2) is 0 Å². The Hall–Kier alpha value is -0.870. The van der Waals surface area contributed by atoms with Gasteiger partial charge in [-0.2, -0.15) is 0 Å². The predicted molar refractivity (Wildman–Crippen MR) is 62.2 cm³/mol. The van der Waals surface area contributed by atoms with E-state index in [-0.39, 0.29) is 6.42 Å². The van der Waals surface area contributed by atoms with Crippen LogP contribution in [0.15, 0.2) is 12.1 Å². The molecule has 1 aromatic rings. The van der Waals surface area contributed by atoms with Gasteiger partial charge in [-0.15, -0.1) is 11.3 Å². The van der Waals surface area contributed by atoms with Gasteiger partial charge in [0, 0.05) is 16.3 Å². The number of thiophene rings is 1. The summed E-state index contributed by atoms with van der Waals surface area (Å²) < 4.78 is 0. The lowest BCUT2D eigenvalue weighted by Gasteiger charge is -2.05. The second kappa shape index (κ2) is 5.88. The van der Waals surface area contributed by atoms with Crippen LogP contribution in [0, 0.1) is 5.92 Å². The van der Waals surface area contributed by atoms with E-state index in [1.54, 1.807) is 11.3 Å². The maximum atomic E-state index is 10.5. The molecule has 1 aromatic heterocycles. The molecule has 0 unspecified atom stereocenters. The number of carbonyl (C=O) groups is 1. The average Bonchev–Trinajstić information content (AvgIpc) is 2.50. The Bertz CT molecular complexity index is 320. The van der Waals surface area contributed by atoms with Crippen LogP contribution in [0.5, 0.6) is 0 Å². The van der Waals surface area contributed by atoms with Crippen LogP contribution in [0.2, 0.25) is 0 Å². The molecule has 0 fully saturated rings. The molecule has 4 heteroatoms. The van der Waals surface area contributed by atoms with E-state index in [1.807, 2.05) is 12.1 Å². The topological polar surface area (TPSA) is 49.3 Å². The largest absolute Gasteiger partial charge is 0.481 e. The molecule has 3 nitrogen and oxygen atoms in total. The number of nitrogens with one attached hydrogen (secondary N) is 1. The molecule has 0 amide bonds. The van der Waals surface area contributed by atoms with Crippen molar-refractivity contribution in [1.82, 2.24) is 5.32 Å². The summed E-state index contributed by atoms with van der Waals surface area (Å²) in [6, 6.07) is 3.89. The van der Waals surface area contributed by atoms with Gasteiger partial charge in [-0.05, 0) is 24.6 Å². The molecule has 0 aromatic carbocycles. The normalized spacial score (nSPS) is 10.9. The summed E-state index contributed by atoms with van der Waals surface area (Å²) in [5.41, 5.74) is 0. The SMILES string of the molecule is CC(C)CNCc1ccc(CC(=O)O)s1. The van der Waals surface area contributed by atoms with E-state index in [0.29, 0.717) is 5.92 Å². The fraction of sp³-hybridized carbons (Fsp3) is 0.545. The standard InChI is InChI=1S/C11H17NO2S/c1-8(2)6-12-7-10-4-3-9(15-10)5-11(13)14/h3-4,8,12H,5-7H2,1-2H3,(H,13,14). The number of aliphatic carboxylic acids is 1. The Morgan fingerprint density at radius 3 is 2.73 bits per heavy atom. The maximum absolute atomic E-state index is 10.5. The summed E-state index contributed by atoms with van der Waals surface area (Å²) in [6.07, 6.45) is 0.134. The van der Waals surface area contributed by atoms with Crippen molar-refractivity contribution in [3.05, 3.63) is 21.9 Å². The van der Waals surface area contributed by atoms with Gasteiger partial charge in [0.1, 0.15) is 0 Å². The van der Waals surface area contributed by atoms with Gasteiger partial charge in [0.2, 0.25) is 0 Å². The Balaban J connectivity index is 2.36. The number of hydrogen-bond acceptors (Lipinski definition) is 3. The lowest BCUT2D eigenvalue weighted by atomic mass is 10.2. The average molecular weight is 227 g/mol. The molecular weight excluding hydrogens is 210 g/mol. The van der Waals surface area contributed by atoms with Gasteiger partial charge >= 0.3 is 5.97 Å². The number of carboxylic acid groups (broad SMARTS) is 1. The Labute approximate surface area is 94.1 Å². The number of rotatable bonds is 6. The van der Waals surface area contributed by atoms with Crippen LogP contribution in [0.3, 0.4) is 0 Å². The molecule has 0 aliphatic rings. The second-order valence-corrected chi connectivity index (χ2v) is 5.22. The summed E-state index contributed by atoms with van der Waals surface area (Å²) in [6.45, 7) is 6.16. The number of carboxylic acids is 1. The van der Waals surface area contributed by atoms with Gasteiger partial charge < -0.3 is 10.4 Å². The first-order valence-electron chi connectivity index (χ1n) is 5.08.